The van der Waals surface area contributed by atoms with Crippen molar-refractivity contribution in [1.29, 1.82) is 0 Å². The van der Waals surface area contributed by atoms with Gasteiger partial charge in [-0.1, -0.05) is 6.08 Å². The second kappa shape index (κ2) is 7.32. The van der Waals surface area contributed by atoms with Crippen LogP contribution in [0.1, 0.15) is 19.5 Å². The zero-order valence-electron chi connectivity index (χ0n) is 11.7. The average Bonchev–Trinajstić information content (AvgIpc) is 2.87. The second-order valence-corrected chi connectivity index (χ2v) is 4.66. The molecule has 0 radical (unpaired) electrons. The minimum absolute atomic E-state index is 0.0467. The number of carboxylic acid groups (broad SMARTS) is 1. The number of urea groups is 1. The number of aromatic nitrogens is 2. The Bertz CT molecular complexity index is 456. The molecule has 0 spiro atoms. The van der Waals surface area contributed by atoms with Crippen molar-refractivity contribution in [3.8, 4) is 0 Å². The lowest BCUT2D eigenvalue weighted by Gasteiger charge is -2.27. The number of nitrogens with zero attached hydrogens (tertiary/aromatic N) is 2. The summed E-state index contributed by atoms with van der Waals surface area (Å²) in [6, 6.07) is -1.48. The van der Waals surface area contributed by atoms with Crippen molar-refractivity contribution in [2.45, 2.75) is 32.4 Å². The van der Waals surface area contributed by atoms with E-state index < -0.39 is 18.0 Å². The molecule has 0 saturated carbocycles. The number of aliphatic carboxylic acids is 1. The van der Waals surface area contributed by atoms with Crippen molar-refractivity contribution in [3.63, 3.8) is 0 Å². The molecule has 3 N–H and O–H groups in total. The molecule has 20 heavy (non-hydrogen) atoms. The van der Waals surface area contributed by atoms with Gasteiger partial charge in [-0.2, -0.15) is 0 Å². The minimum Gasteiger partial charge on any atom is -0.480 e. The molecule has 1 rings (SSSR count). The number of nitrogens with one attached hydrogen (secondary N) is 2. The van der Waals surface area contributed by atoms with Gasteiger partial charge in [-0.3, -0.25) is 0 Å². The zero-order valence-corrected chi connectivity index (χ0v) is 11.7. The van der Waals surface area contributed by atoms with Gasteiger partial charge in [0.1, 0.15) is 6.04 Å². The highest BCUT2D eigenvalue weighted by atomic mass is 16.4. The Morgan fingerprint density at radius 1 is 1.60 bits per heavy atom. The van der Waals surface area contributed by atoms with E-state index in [1.54, 1.807) is 6.08 Å². The van der Waals surface area contributed by atoms with Crippen LogP contribution in [0.5, 0.6) is 0 Å². The monoisotopic (exact) mass is 280 g/mol. The topological polar surface area (TPSA) is 98.3 Å². The van der Waals surface area contributed by atoms with Gasteiger partial charge in [0.2, 0.25) is 0 Å². The van der Waals surface area contributed by atoms with Crippen LogP contribution in [0.4, 0.5) is 4.79 Å². The van der Waals surface area contributed by atoms with E-state index in [0.717, 1.165) is 0 Å². The quantitative estimate of drug-likeness (QED) is 0.649. The second-order valence-electron chi connectivity index (χ2n) is 4.66. The number of aromatic amines is 1. The normalized spacial score (nSPS) is 11.9. The van der Waals surface area contributed by atoms with Crippen LogP contribution in [0, 0.1) is 0 Å². The summed E-state index contributed by atoms with van der Waals surface area (Å²) in [7, 11) is 0. The highest BCUT2D eigenvalue weighted by Crippen LogP contribution is 2.03. The fourth-order valence-corrected chi connectivity index (χ4v) is 1.72. The first-order chi connectivity index (χ1) is 9.45. The van der Waals surface area contributed by atoms with E-state index in [-0.39, 0.29) is 12.5 Å². The molecule has 1 unspecified atom stereocenters. The smallest absolute Gasteiger partial charge is 0.326 e. The van der Waals surface area contributed by atoms with Crippen LogP contribution in [-0.4, -0.2) is 50.6 Å². The van der Waals surface area contributed by atoms with Crippen LogP contribution >= 0.6 is 0 Å². The summed E-state index contributed by atoms with van der Waals surface area (Å²) in [5.41, 5.74) is 0.650. The molecule has 110 valence electrons. The molecule has 0 saturated heterocycles. The number of carbonyl (C=O) groups excluding carboxylic acids is 1. The number of rotatable bonds is 7. The summed E-state index contributed by atoms with van der Waals surface area (Å²) < 4.78 is 0. The Balaban J connectivity index is 2.71. The van der Waals surface area contributed by atoms with Gasteiger partial charge < -0.3 is 20.3 Å². The van der Waals surface area contributed by atoms with E-state index in [2.05, 4.69) is 21.9 Å². The van der Waals surface area contributed by atoms with Crippen molar-refractivity contribution < 1.29 is 14.7 Å². The molecule has 1 aromatic heterocycles. The molecule has 2 amide bonds. The van der Waals surface area contributed by atoms with E-state index in [0.29, 0.717) is 12.2 Å². The lowest BCUT2D eigenvalue weighted by molar-refractivity contribution is -0.139. The summed E-state index contributed by atoms with van der Waals surface area (Å²) in [6.45, 7) is 7.66. The van der Waals surface area contributed by atoms with E-state index >= 15 is 0 Å². The van der Waals surface area contributed by atoms with Gasteiger partial charge in [0.25, 0.3) is 0 Å². The lowest BCUT2D eigenvalue weighted by Crippen LogP contribution is -2.51. The van der Waals surface area contributed by atoms with E-state index in [4.69, 9.17) is 0 Å². The van der Waals surface area contributed by atoms with Crippen LogP contribution in [0.3, 0.4) is 0 Å². The average molecular weight is 280 g/mol. The minimum atomic E-state index is -1.09. The van der Waals surface area contributed by atoms with Gasteiger partial charge in [-0.15, -0.1) is 6.58 Å². The lowest BCUT2D eigenvalue weighted by atomic mass is 10.1. The number of hydrogen-bond acceptors (Lipinski definition) is 3. The van der Waals surface area contributed by atoms with E-state index in [1.807, 2.05) is 13.8 Å². The molecule has 7 heteroatoms. The van der Waals surface area contributed by atoms with Gasteiger partial charge in [0.15, 0.2) is 0 Å². The largest absolute Gasteiger partial charge is 0.480 e. The molecule has 0 aliphatic carbocycles. The van der Waals surface area contributed by atoms with Gasteiger partial charge in [-0.25, -0.2) is 14.6 Å². The summed E-state index contributed by atoms with van der Waals surface area (Å²) >= 11 is 0. The Morgan fingerprint density at radius 3 is 2.75 bits per heavy atom. The maximum atomic E-state index is 12.1. The number of H-pyrrole nitrogens is 1. The third-order valence-corrected chi connectivity index (χ3v) is 2.78. The predicted octanol–water partition coefficient (Wildman–Crippen LogP) is 1.01. The molecule has 7 nitrogen and oxygen atoms in total. The summed E-state index contributed by atoms with van der Waals surface area (Å²) in [5.74, 6) is -1.09. The van der Waals surface area contributed by atoms with E-state index in [1.165, 1.54) is 17.4 Å². The van der Waals surface area contributed by atoms with Gasteiger partial charge >= 0.3 is 12.0 Å². The van der Waals surface area contributed by atoms with Crippen LogP contribution in [-0.2, 0) is 11.2 Å². The number of imidazole rings is 1. The summed E-state index contributed by atoms with van der Waals surface area (Å²) in [6.07, 6.45) is 4.76. The Hall–Kier alpha value is -2.31. The molecular weight excluding hydrogens is 260 g/mol. The molecule has 1 heterocycles. The standard InChI is InChI=1S/C13H20N4O3/c1-4-5-17(9(2)3)13(20)16-11(12(18)19)6-10-7-14-8-15-10/h4,7-9,11H,1,5-6H2,2-3H3,(H,14,15)(H,16,20)(H,18,19). The predicted molar refractivity (Wildman–Crippen MR) is 74.3 cm³/mol. The highest BCUT2D eigenvalue weighted by molar-refractivity contribution is 5.83. The number of carbonyl (C=O) groups is 2. The molecule has 0 fully saturated rings. The Morgan fingerprint density at radius 2 is 2.30 bits per heavy atom. The molecule has 0 aliphatic heterocycles. The maximum Gasteiger partial charge on any atom is 0.326 e. The number of carboxylic acids is 1. The fourth-order valence-electron chi connectivity index (χ4n) is 1.72. The third kappa shape index (κ3) is 4.42. The van der Waals surface area contributed by atoms with Gasteiger partial charge in [0.05, 0.1) is 6.33 Å². The van der Waals surface area contributed by atoms with E-state index in [9.17, 15) is 14.7 Å². The van der Waals surface area contributed by atoms with Crippen LogP contribution in [0.25, 0.3) is 0 Å². The molecule has 1 aromatic rings. The zero-order chi connectivity index (χ0) is 15.1. The van der Waals surface area contributed by atoms with Gasteiger partial charge in [-0.05, 0) is 13.8 Å². The van der Waals surface area contributed by atoms with Crippen LogP contribution in [0.2, 0.25) is 0 Å². The van der Waals surface area contributed by atoms with Crippen molar-refractivity contribution in [3.05, 3.63) is 30.9 Å². The van der Waals surface area contributed by atoms with Crippen molar-refractivity contribution in [2.75, 3.05) is 6.54 Å². The fraction of sp³-hybridized carbons (Fsp3) is 0.462. The maximum absolute atomic E-state index is 12.1. The van der Waals surface area contributed by atoms with Crippen molar-refractivity contribution in [1.82, 2.24) is 20.2 Å². The SMILES string of the molecule is C=CCN(C(=O)NC(Cc1cnc[nH]1)C(=O)O)C(C)C. The molecule has 0 aromatic carbocycles. The van der Waals surface area contributed by atoms with Crippen LogP contribution < -0.4 is 5.32 Å². The third-order valence-electron chi connectivity index (χ3n) is 2.78. The first-order valence-electron chi connectivity index (χ1n) is 6.33. The Labute approximate surface area is 117 Å². The first-order valence-corrected chi connectivity index (χ1v) is 6.33. The molecular formula is C13H20N4O3. The van der Waals surface area contributed by atoms with Crippen LogP contribution in [0.15, 0.2) is 25.2 Å². The van der Waals surface area contributed by atoms with Gasteiger partial charge in [0, 0.05) is 30.9 Å². The summed E-state index contributed by atoms with van der Waals surface area (Å²) in [5, 5.41) is 11.7. The molecule has 0 aliphatic rings. The molecule has 0 bridgehead atoms. The summed E-state index contributed by atoms with van der Waals surface area (Å²) in [4.78, 5) is 31.5. The number of amides is 2. The first kappa shape index (κ1) is 15.7. The van der Waals surface area contributed by atoms with Crippen molar-refractivity contribution >= 4 is 12.0 Å². The number of hydrogen-bond donors (Lipinski definition) is 3. The highest BCUT2D eigenvalue weighted by Gasteiger charge is 2.24. The van der Waals surface area contributed by atoms with Crippen molar-refractivity contribution in [2.24, 2.45) is 0 Å². The Kier molecular flexibility index (Phi) is 5.76. The molecule has 1 atom stereocenters.